The Kier molecular flexibility index (Phi) is 5.05. The van der Waals surface area contributed by atoms with Crippen molar-refractivity contribution < 1.29 is 14.6 Å². The van der Waals surface area contributed by atoms with Gasteiger partial charge in [-0.05, 0) is 39.7 Å². The summed E-state index contributed by atoms with van der Waals surface area (Å²) in [4.78, 5) is 12.1. The summed E-state index contributed by atoms with van der Waals surface area (Å²) < 4.78 is 6.70. The monoisotopic (exact) mass is 377 g/mol. The lowest BCUT2D eigenvalue weighted by Crippen LogP contribution is -2.32. The summed E-state index contributed by atoms with van der Waals surface area (Å²) >= 11 is 1.59. The molecule has 1 aromatic heterocycles. The molecule has 2 N–H and O–H groups in total. The molecule has 1 amide bonds. The number of fused-ring (bicyclic) bond motifs is 2. The molecule has 27 heavy (non-hydrogen) atoms. The number of ether oxygens (including phenoxy) is 1. The van der Waals surface area contributed by atoms with Crippen molar-refractivity contribution in [1.29, 1.82) is 0 Å². The summed E-state index contributed by atoms with van der Waals surface area (Å²) in [6, 6.07) is 21.6. The van der Waals surface area contributed by atoms with Crippen molar-refractivity contribution >= 4 is 38.1 Å². The third-order valence-corrected chi connectivity index (χ3v) is 5.44. The van der Waals surface area contributed by atoms with Gasteiger partial charge in [-0.25, -0.2) is 0 Å². The predicted octanol–water partition coefficient (Wildman–Crippen LogP) is 4.28. The molecule has 1 unspecified atom stereocenters. The van der Waals surface area contributed by atoms with Crippen LogP contribution in [-0.2, 0) is 4.79 Å². The minimum atomic E-state index is -0.745. The van der Waals surface area contributed by atoms with Gasteiger partial charge in [-0.3, -0.25) is 4.79 Å². The van der Waals surface area contributed by atoms with Crippen LogP contribution in [0.15, 0.2) is 72.1 Å². The second-order valence-electron chi connectivity index (χ2n) is 6.30. The Bertz CT molecular complexity index is 1090. The standard InChI is InChI=1S/C22H19NO3S/c24-20(19-14-27-21-8-4-3-7-18(19)21)12-23-22(25)13-26-17-10-9-15-5-1-2-6-16(15)11-17/h1-11,14,20,24H,12-13H2,(H,23,25). The fraction of sp³-hybridized carbons (Fsp3) is 0.136. The summed E-state index contributed by atoms with van der Waals surface area (Å²) in [6.45, 7) is 0.0656. The molecule has 4 nitrogen and oxygen atoms in total. The van der Waals surface area contributed by atoms with E-state index in [-0.39, 0.29) is 19.1 Å². The Labute approximate surface area is 161 Å². The topological polar surface area (TPSA) is 58.6 Å². The molecular formula is C22H19NO3S. The van der Waals surface area contributed by atoms with Gasteiger partial charge in [0.1, 0.15) is 5.75 Å². The number of nitrogens with one attached hydrogen (secondary N) is 1. The Morgan fingerprint density at radius 3 is 2.70 bits per heavy atom. The van der Waals surface area contributed by atoms with E-state index in [1.54, 1.807) is 11.3 Å². The van der Waals surface area contributed by atoms with E-state index in [4.69, 9.17) is 4.74 Å². The highest BCUT2D eigenvalue weighted by molar-refractivity contribution is 7.17. The van der Waals surface area contributed by atoms with Crippen LogP contribution in [0.1, 0.15) is 11.7 Å². The van der Waals surface area contributed by atoms with Crippen molar-refractivity contribution in [1.82, 2.24) is 5.32 Å². The first kappa shape index (κ1) is 17.5. The average Bonchev–Trinajstić information content (AvgIpc) is 3.14. The number of thiophene rings is 1. The second-order valence-corrected chi connectivity index (χ2v) is 7.22. The van der Waals surface area contributed by atoms with Crippen LogP contribution in [0, 0.1) is 0 Å². The molecule has 0 saturated carbocycles. The molecule has 0 bridgehead atoms. The van der Waals surface area contributed by atoms with Crippen LogP contribution in [0.5, 0.6) is 5.75 Å². The van der Waals surface area contributed by atoms with E-state index in [2.05, 4.69) is 5.32 Å². The summed E-state index contributed by atoms with van der Waals surface area (Å²) in [5.74, 6) is 0.384. The zero-order valence-electron chi connectivity index (χ0n) is 14.6. The van der Waals surface area contributed by atoms with E-state index < -0.39 is 6.10 Å². The molecule has 4 rings (SSSR count). The van der Waals surface area contributed by atoms with Crippen molar-refractivity contribution in [3.8, 4) is 5.75 Å². The molecule has 0 saturated heterocycles. The van der Waals surface area contributed by atoms with Crippen LogP contribution in [0.4, 0.5) is 0 Å². The number of amides is 1. The number of hydrogen-bond acceptors (Lipinski definition) is 4. The molecule has 0 aliphatic heterocycles. The van der Waals surface area contributed by atoms with Crippen LogP contribution in [0.3, 0.4) is 0 Å². The maximum absolute atomic E-state index is 12.1. The Morgan fingerprint density at radius 1 is 1.04 bits per heavy atom. The molecule has 3 aromatic carbocycles. The molecule has 0 radical (unpaired) electrons. The molecule has 5 heteroatoms. The average molecular weight is 377 g/mol. The van der Waals surface area contributed by atoms with Crippen molar-refractivity contribution in [3.05, 3.63) is 77.7 Å². The molecule has 1 atom stereocenters. The molecule has 136 valence electrons. The molecular weight excluding hydrogens is 358 g/mol. The fourth-order valence-electron chi connectivity index (χ4n) is 3.03. The Hall–Kier alpha value is -2.89. The third kappa shape index (κ3) is 3.94. The zero-order valence-corrected chi connectivity index (χ0v) is 15.4. The van der Waals surface area contributed by atoms with Gasteiger partial charge in [0.25, 0.3) is 5.91 Å². The van der Waals surface area contributed by atoms with Crippen LogP contribution in [0.2, 0.25) is 0 Å². The highest BCUT2D eigenvalue weighted by Gasteiger charge is 2.14. The first-order valence-electron chi connectivity index (χ1n) is 8.73. The summed E-state index contributed by atoms with van der Waals surface area (Å²) in [5, 5.41) is 18.3. The highest BCUT2D eigenvalue weighted by Crippen LogP contribution is 2.29. The van der Waals surface area contributed by atoms with Gasteiger partial charge in [0.15, 0.2) is 6.61 Å². The predicted molar refractivity (Wildman–Crippen MR) is 109 cm³/mol. The normalized spacial score (nSPS) is 12.2. The van der Waals surface area contributed by atoms with Crippen molar-refractivity contribution in [2.24, 2.45) is 0 Å². The van der Waals surface area contributed by atoms with Crippen LogP contribution >= 0.6 is 11.3 Å². The van der Waals surface area contributed by atoms with Gasteiger partial charge in [-0.2, -0.15) is 0 Å². The number of aliphatic hydroxyl groups excluding tert-OH is 1. The van der Waals surface area contributed by atoms with Crippen LogP contribution < -0.4 is 10.1 Å². The molecule has 4 aromatic rings. The maximum Gasteiger partial charge on any atom is 0.258 e. The van der Waals surface area contributed by atoms with Crippen molar-refractivity contribution in [2.75, 3.05) is 13.2 Å². The molecule has 0 aliphatic carbocycles. The second kappa shape index (κ2) is 7.78. The number of carbonyl (C=O) groups is 1. The maximum atomic E-state index is 12.1. The minimum absolute atomic E-state index is 0.0879. The fourth-order valence-corrected chi connectivity index (χ4v) is 4.04. The first-order chi connectivity index (χ1) is 13.2. The lowest BCUT2D eigenvalue weighted by Gasteiger charge is -2.12. The SMILES string of the molecule is O=C(COc1ccc2ccccc2c1)NCC(O)c1csc2ccccc12. The molecule has 0 aliphatic rings. The minimum Gasteiger partial charge on any atom is -0.484 e. The van der Waals surface area contributed by atoms with E-state index in [9.17, 15) is 9.90 Å². The van der Waals surface area contributed by atoms with E-state index in [0.29, 0.717) is 5.75 Å². The molecule has 0 fully saturated rings. The number of carbonyl (C=O) groups excluding carboxylic acids is 1. The van der Waals surface area contributed by atoms with E-state index >= 15 is 0 Å². The van der Waals surface area contributed by atoms with Crippen molar-refractivity contribution in [3.63, 3.8) is 0 Å². The van der Waals surface area contributed by atoms with Gasteiger partial charge in [-0.1, -0.05) is 48.5 Å². The Morgan fingerprint density at radius 2 is 1.81 bits per heavy atom. The summed E-state index contributed by atoms with van der Waals surface area (Å²) in [7, 11) is 0. The third-order valence-electron chi connectivity index (χ3n) is 4.45. The smallest absolute Gasteiger partial charge is 0.258 e. The van der Waals surface area contributed by atoms with Crippen molar-refractivity contribution in [2.45, 2.75) is 6.10 Å². The number of benzene rings is 3. The molecule has 0 spiro atoms. The van der Waals surface area contributed by atoms with E-state index in [1.807, 2.05) is 72.1 Å². The number of hydrogen-bond donors (Lipinski definition) is 2. The van der Waals surface area contributed by atoms with Gasteiger partial charge in [-0.15, -0.1) is 11.3 Å². The first-order valence-corrected chi connectivity index (χ1v) is 9.61. The van der Waals surface area contributed by atoms with Gasteiger partial charge in [0, 0.05) is 16.8 Å². The lowest BCUT2D eigenvalue weighted by atomic mass is 10.1. The summed E-state index contributed by atoms with van der Waals surface area (Å²) in [5.41, 5.74) is 0.839. The lowest BCUT2D eigenvalue weighted by molar-refractivity contribution is -0.123. The van der Waals surface area contributed by atoms with Crippen LogP contribution in [0.25, 0.3) is 20.9 Å². The number of aliphatic hydroxyl groups is 1. The zero-order chi connectivity index (χ0) is 18.6. The molecule has 1 heterocycles. The van der Waals surface area contributed by atoms with Gasteiger partial charge < -0.3 is 15.2 Å². The van der Waals surface area contributed by atoms with Gasteiger partial charge in [0.05, 0.1) is 6.10 Å². The number of rotatable bonds is 6. The highest BCUT2D eigenvalue weighted by atomic mass is 32.1. The van der Waals surface area contributed by atoms with Gasteiger partial charge >= 0.3 is 0 Å². The Balaban J connectivity index is 1.32. The van der Waals surface area contributed by atoms with Crippen LogP contribution in [-0.4, -0.2) is 24.2 Å². The summed E-state index contributed by atoms with van der Waals surface area (Å²) in [6.07, 6.45) is -0.745. The van der Waals surface area contributed by atoms with E-state index in [1.165, 1.54) is 0 Å². The quantitative estimate of drug-likeness (QED) is 0.527. The van der Waals surface area contributed by atoms with Gasteiger partial charge in [0.2, 0.25) is 0 Å². The largest absolute Gasteiger partial charge is 0.484 e. The van der Waals surface area contributed by atoms with E-state index in [0.717, 1.165) is 26.4 Å².